The summed E-state index contributed by atoms with van der Waals surface area (Å²) in [5.41, 5.74) is 8.15. The van der Waals surface area contributed by atoms with Gasteiger partial charge in [-0.3, -0.25) is 0 Å². The standard InChI is InChI=1S/C14H19N3O/c1-3-11(9-15)14-16-13(17-18-14)8-12-7-5-4-6-10(12)2/h4-7,11H,3,8-9,15H2,1-2H3. The van der Waals surface area contributed by atoms with E-state index in [-0.39, 0.29) is 5.92 Å². The highest BCUT2D eigenvalue weighted by Crippen LogP contribution is 2.17. The molecule has 96 valence electrons. The zero-order valence-electron chi connectivity index (χ0n) is 10.9. The summed E-state index contributed by atoms with van der Waals surface area (Å²) in [5, 5.41) is 4.03. The maximum Gasteiger partial charge on any atom is 0.231 e. The fourth-order valence-corrected chi connectivity index (χ4v) is 1.93. The summed E-state index contributed by atoms with van der Waals surface area (Å²) in [6, 6.07) is 8.23. The predicted molar refractivity (Wildman–Crippen MR) is 70.4 cm³/mol. The average molecular weight is 245 g/mol. The van der Waals surface area contributed by atoms with Crippen LogP contribution in [0, 0.1) is 6.92 Å². The van der Waals surface area contributed by atoms with Crippen molar-refractivity contribution in [3.05, 3.63) is 47.1 Å². The van der Waals surface area contributed by atoms with Crippen molar-refractivity contribution in [2.45, 2.75) is 32.6 Å². The molecule has 2 N–H and O–H groups in total. The fraction of sp³-hybridized carbons (Fsp3) is 0.429. The summed E-state index contributed by atoms with van der Waals surface area (Å²) in [4.78, 5) is 4.43. The molecule has 0 saturated carbocycles. The maximum absolute atomic E-state index is 5.67. The highest BCUT2D eigenvalue weighted by Gasteiger charge is 2.15. The number of aryl methyl sites for hydroxylation is 1. The van der Waals surface area contributed by atoms with Crippen molar-refractivity contribution in [2.75, 3.05) is 6.54 Å². The first-order valence-corrected chi connectivity index (χ1v) is 6.31. The van der Waals surface area contributed by atoms with Gasteiger partial charge in [0.1, 0.15) is 0 Å². The van der Waals surface area contributed by atoms with Crippen LogP contribution in [-0.2, 0) is 6.42 Å². The molecular weight excluding hydrogens is 226 g/mol. The lowest BCUT2D eigenvalue weighted by molar-refractivity contribution is 0.348. The van der Waals surface area contributed by atoms with Gasteiger partial charge < -0.3 is 10.3 Å². The normalized spacial score (nSPS) is 12.6. The van der Waals surface area contributed by atoms with Crippen LogP contribution in [0.25, 0.3) is 0 Å². The van der Waals surface area contributed by atoms with E-state index in [0.29, 0.717) is 18.9 Å². The van der Waals surface area contributed by atoms with Crippen LogP contribution >= 0.6 is 0 Å². The van der Waals surface area contributed by atoms with Crippen LogP contribution < -0.4 is 5.73 Å². The van der Waals surface area contributed by atoms with Crippen LogP contribution in [0.4, 0.5) is 0 Å². The molecule has 0 bridgehead atoms. The first-order chi connectivity index (χ1) is 8.74. The van der Waals surface area contributed by atoms with Crippen molar-refractivity contribution in [1.82, 2.24) is 10.1 Å². The second kappa shape index (κ2) is 5.78. The van der Waals surface area contributed by atoms with Crippen LogP contribution in [0.3, 0.4) is 0 Å². The van der Waals surface area contributed by atoms with Gasteiger partial charge in [-0.05, 0) is 24.5 Å². The van der Waals surface area contributed by atoms with Gasteiger partial charge in [0.2, 0.25) is 5.89 Å². The van der Waals surface area contributed by atoms with Crippen LogP contribution in [0.5, 0.6) is 0 Å². The van der Waals surface area contributed by atoms with Gasteiger partial charge in [0.25, 0.3) is 0 Å². The molecule has 1 atom stereocenters. The van der Waals surface area contributed by atoms with E-state index in [1.54, 1.807) is 0 Å². The Morgan fingerprint density at radius 1 is 1.33 bits per heavy atom. The summed E-state index contributed by atoms with van der Waals surface area (Å²) in [6.07, 6.45) is 1.62. The third-order valence-electron chi connectivity index (χ3n) is 3.22. The van der Waals surface area contributed by atoms with Crippen molar-refractivity contribution in [3.8, 4) is 0 Å². The summed E-state index contributed by atoms with van der Waals surface area (Å²) >= 11 is 0. The second-order valence-corrected chi connectivity index (χ2v) is 4.49. The van der Waals surface area contributed by atoms with Crippen LogP contribution in [0.1, 0.15) is 42.1 Å². The van der Waals surface area contributed by atoms with Gasteiger partial charge in [-0.2, -0.15) is 4.98 Å². The Balaban J connectivity index is 2.14. The zero-order chi connectivity index (χ0) is 13.0. The largest absolute Gasteiger partial charge is 0.339 e. The number of hydrogen-bond acceptors (Lipinski definition) is 4. The summed E-state index contributed by atoms with van der Waals surface area (Å²) in [5.74, 6) is 1.55. The van der Waals surface area contributed by atoms with Crippen molar-refractivity contribution >= 4 is 0 Å². The Labute approximate surface area is 107 Å². The fourth-order valence-electron chi connectivity index (χ4n) is 1.93. The SMILES string of the molecule is CCC(CN)c1nc(Cc2ccccc2C)no1. The first kappa shape index (κ1) is 12.8. The van der Waals surface area contributed by atoms with Gasteiger partial charge in [0.05, 0.1) is 5.92 Å². The van der Waals surface area contributed by atoms with E-state index in [9.17, 15) is 0 Å². The van der Waals surface area contributed by atoms with E-state index in [0.717, 1.165) is 12.2 Å². The topological polar surface area (TPSA) is 64.9 Å². The molecule has 1 aromatic heterocycles. The molecular formula is C14H19N3O. The minimum atomic E-state index is 0.170. The van der Waals surface area contributed by atoms with Gasteiger partial charge in [0, 0.05) is 13.0 Å². The highest BCUT2D eigenvalue weighted by molar-refractivity contribution is 5.28. The lowest BCUT2D eigenvalue weighted by atomic mass is 10.1. The second-order valence-electron chi connectivity index (χ2n) is 4.49. The van der Waals surface area contributed by atoms with E-state index in [1.807, 2.05) is 12.1 Å². The van der Waals surface area contributed by atoms with Gasteiger partial charge in [-0.1, -0.05) is 36.3 Å². The minimum Gasteiger partial charge on any atom is -0.339 e. The number of hydrogen-bond donors (Lipinski definition) is 1. The highest BCUT2D eigenvalue weighted by atomic mass is 16.5. The molecule has 0 aliphatic carbocycles. The average Bonchev–Trinajstić information content (AvgIpc) is 2.82. The first-order valence-electron chi connectivity index (χ1n) is 6.31. The van der Waals surface area contributed by atoms with E-state index in [1.165, 1.54) is 11.1 Å². The predicted octanol–water partition coefficient (Wildman–Crippen LogP) is 2.42. The third-order valence-corrected chi connectivity index (χ3v) is 3.22. The molecule has 0 aliphatic rings. The van der Waals surface area contributed by atoms with Crippen molar-refractivity contribution in [3.63, 3.8) is 0 Å². The number of rotatable bonds is 5. The van der Waals surface area contributed by atoms with E-state index in [4.69, 9.17) is 10.3 Å². The minimum absolute atomic E-state index is 0.170. The lowest BCUT2D eigenvalue weighted by Gasteiger charge is -2.04. The molecule has 0 amide bonds. The van der Waals surface area contributed by atoms with Crippen LogP contribution in [0.2, 0.25) is 0 Å². The molecule has 1 heterocycles. The Kier molecular flexibility index (Phi) is 4.10. The molecule has 4 nitrogen and oxygen atoms in total. The number of nitrogens with zero attached hydrogens (tertiary/aromatic N) is 2. The van der Waals surface area contributed by atoms with Crippen LogP contribution in [0.15, 0.2) is 28.8 Å². The van der Waals surface area contributed by atoms with Crippen molar-refractivity contribution in [1.29, 1.82) is 0 Å². The van der Waals surface area contributed by atoms with E-state index in [2.05, 4.69) is 36.1 Å². The molecule has 0 fully saturated rings. The summed E-state index contributed by atoms with van der Waals surface area (Å²) < 4.78 is 5.28. The molecule has 2 aromatic rings. The van der Waals surface area contributed by atoms with Crippen LogP contribution in [-0.4, -0.2) is 16.7 Å². The lowest BCUT2D eigenvalue weighted by Crippen LogP contribution is -2.11. The quantitative estimate of drug-likeness (QED) is 0.878. The van der Waals surface area contributed by atoms with E-state index < -0.39 is 0 Å². The zero-order valence-corrected chi connectivity index (χ0v) is 10.9. The van der Waals surface area contributed by atoms with Gasteiger partial charge in [-0.25, -0.2) is 0 Å². The molecule has 18 heavy (non-hydrogen) atoms. The Bertz CT molecular complexity index is 503. The molecule has 0 aliphatic heterocycles. The molecule has 0 spiro atoms. The molecule has 0 saturated heterocycles. The Morgan fingerprint density at radius 3 is 2.78 bits per heavy atom. The van der Waals surface area contributed by atoms with Gasteiger partial charge in [0.15, 0.2) is 5.82 Å². The number of nitrogens with two attached hydrogens (primary N) is 1. The summed E-state index contributed by atoms with van der Waals surface area (Å²) in [6.45, 7) is 4.70. The monoisotopic (exact) mass is 245 g/mol. The maximum atomic E-state index is 5.67. The molecule has 1 aromatic carbocycles. The molecule has 4 heteroatoms. The summed E-state index contributed by atoms with van der Waals surface area (Å²) in [7, 11) is 0. The molecule has 1 unspecified atom stereocenters. The van der Waals surface area contributed by atoms with Crippen molar-refractivity contribution in [2.24, 2.45) is 5.73 Å². The number of aromatic nitrogens is 2. The Morgan fingerprint density at radius 2 is 2.11 bits per heavy atom. The third kappa shape index (κ3) is 2.76. The van der Waals surface area contributed by atoms with Crippen molar-refractivity contribution < 1.29 is 4.52 Å². The Hall–Kier alpha value is -1.68. The van der Waals surface area contributed by atoms with E-state index >= 15 is 0 Å². The smallest absolute Gasteiger partial charge is 0.231 e. The number of benzene rings is 1. The van der Waals surface area contributed by atoms with Gasteiger partial charge in [-0.15, -0.1) is 0 Å². The molecule has 2 rings (SSSR count). The van der Waals surface area contributed by atoms with Gasteiger partial charge >= 0.3 is 0 Å². The molecule has 0 radical (unpaired) electrons.